The summed E-state index contributed by atoms with van der Waals surface area (Å²) in [5.74, 6) is 0.881. The summed E-state index contributed by atoms with van der Waals surface area (Å²) < 4.78 is 0. The van der Waals surface area contributed by atoms with Gasteiger partial charge in [-0.3, -0.25) is 0 Å². The third kappa shape index (κ3) is 6.90. The maximum atomic E-state index is 4.08. The SMILES string of the molecule is CCCC(CC)(NC(C)(C)CCCC(C)CC)P(C)C. The zero-order valence-corrected chi connectivity index (χ0v) is 16.4. The van der Waals surface area contributed by atoms with E-state index < -0.39 is 0 Å². The Morgan fingerprint density at radius 3 is 2.05 bits per heavy atom. The highest BCUT2D eigenvalue weighted by molar-refractivity contribution is 7.57. The normalized spacial score (nSPS) is 17.2. The molecule has 0 aromatic heterocycles. The molecule has 0 fully saturated rings. The lowest BCUT2D eigenvalue weighted by Crippen LogP contribution is -2.53. The first kappa shape index (κ1) is 20.4. The van der Waals surface area contributed by atoms with Gasteiger partial charge in [0.15, 0.2) is 0 Å². The number of hydrogen-bond acceptors (Lipinski definition) is 1. The van der Waals surface area contributed by atoms with Gasteiger partial charge < -0.3 is 5.32 Å². The fourth-order valence-corrected chi connectivity index (χ4v) is 5.01. The molecule has 0 aromatic carbocycles. The Hall–Kier alpha value is 0.390. The van der Waals surface area contributed by atoms with E-state index in [1.54, 1.807) is 0 Å². The maximum Gasteiger partial charge on any atom is 0.0377 e. The summed E-state index contributed by atoms with van der Waals surface area (Å²) in [5, 5.41) is 4.46. The van der Waals surface area contributed by atoms with E-state index in [-0.39, 0.29) is 13.5 Å². The molecule has 0 amide bonds. The largest absolute Gasteiger partial charge is 0.303 e. The van der Waals surface area contributed by atoms with Gasteiger partial charge in [-0.2, -0.15) is 0 Å². The van der Waals surface area contributed by atoms with Crippen LogP contribution in [0, 0.1) is 5.92 Å². The summed E-state index contributed by atoms with van der Waals surface area (Å²) in [5.41, 5.74) is 0.269. The molecule has 0 saturated carbocycles. The Morgan fingerprint density at radius 2 is 1.65 bits per heavy atom. The summed E-state index contributed by atoms with van der Waals surface area (Å²) >= 11 is 0. The van der Waals surface area contributed by atoms with E-state index in [4.69, 9.17) is 0 Å². The molecule has 0 bridgehead atoms. The molecule has 0 aliphatic rings. The second kappa shape index (κ2) is 9.42. The highest BCUT2D eigenvalue weighted by Crippen LogP contribution is 2.47. The van der Waals surface area contributed by atoms with Gasteiger partial charge in [-0.1, -0.05) is 61.3 Å². The summed E-state index contributed by atoms with van der Waals surface area (Å²) in [6, 6.07) is 0. The molecule has 0 rings (SSSR count). The van der Waals surface area contributed by atoms with E-state index in [9.17, 15) is 0 Å². The lowest BCUT2D eigenvalue weighted by Gasteiger charge is -2.45. The predicted molar refractivity (Wildman–Crippen MR) is 97.2 cm³/mol. The molecule has 2 heteroatoms. The van der Waals surface area contributed by atoms with Crippen LogP contribution in [0.1, 0.15) is 86.5 Å². The zero-order chi connectivity index (χ0) is 15.8. The smallest absolute Gasteiger partial charge is 0.0377 e. The van der Waals surface area contributed by atoms with Crippen molar-refractivity contribution in [2.24, 2.45) is 5.92 Å². The second-order valence-electron chi connectivity index (χ2n) is 7.44. The van der Waals surface area contributed by atoms with Crippen LogP contribution in [0.2, 0.25) is 0 Å². The van der Waals surface area contributed by atoms with Crippen LogP contribution in [0.3, 0.4) is 0 Å². The van der Waals surface area contributed by atoms with E-state index in [1.165, 1.54) is 44.9 Å². The van der Waals surface area contributed by atoms with E-state index in [2.05, 4.69) is 60.2 Å². The molecule has 122 valence electrons. The topological polar surface area (TPSA) is 12.0 Å². The molecule has 0 heterocycles. The minimum absolute atomic E-state index is 0.0399. The van der Waals surface area contributed by atoms with E-state index in [0.29, 0.717) is 5.28 Å². The number of hydrogen-bond donors (Lipinski definition) is 1. The Morgan fingerprint density at radius 1 is 1.05 bits per heavy atom. The Kier molecular flexibility index (Phi) is 9.60. The molecule has 0 saturated heterocycles. The molecule has 0 spiro atoms. The molecule has 0 aromatic rings. The highest BCUT2D eigenvalue weighted by atomic mass is 31.1. The van der Waals surface area contributed by atoms with Crippen LogP contribution in [-0.4, -0.2) is 24.1 Å². The Balaban J connectivity index is 4.58. The van der Waals surface area contributed by atoms with Crippen molar-refractivity contribution in [2.45, 2.75) is 97.3 Å². The predicted octanol–water partition coefficient (Wildman–Crippen LogP) is 6.22. The van der Waals surface area contributed by atoms with Gasteiger partial charge in [0.05, 0.1) is 0 Å². The van der Waals surface area contributed by atoms with Crippen LogP contribution in [-0.2, 0) is 0 Å². The fourth-order valence-electron chi connectivity index (χ4n) is 3.18. The molecule has 0 aliphatic carbocycles. The van der Waals surface area contributed by atoms with E-state index >= 15 is 0 Å². The summed E-state index contributed by atoms with van der Waals surface area (Å²) in [6.07, 6.45) is 9.20. The van der Waals surface area contributed by atoms with Crippen molar-refractivity contribution < 1.29 is 0 Å². The fraction of sp³-hybridized carbons (Fsp3) is 1.00. The van der Waals surface area contributed by atoms with Crippen molar-refractivity contribution in [2.75, 3.05) is 13.3 Å². The van der Waals surface area contributed by atoms with Crippen molar-refractivity contribution in [3.63, 3.8) is 0 Å². The summed E-state index contributed by atoms with van der Waals surface area (Å²) in [6.45, 7) is 19.1. The monoisotopic (exact) mass is 301 g/mol. The second-order valence-corrected chi connectivity index (χ2v) is 10.1. The first-order chi connectivity index (χ1) is 9.23. The third-order valence-electron chi connectivity index (χ3n) is 4.87. The quantitative estimate of drug-likeness (QED) is 0.447. The van der Waals surface area contributed by atoms with Crippen LogP contribution in [0.4, 0.5) is 0 Å². The van der Waals surface area contributed by atoms with Gasteiger partial charge in [0.1, 0.15) is 0 Å². The van der Waals surface area contributed by atoms with Crippen LogP contribution >= 0.6 is 7.92 Å². The Labute approximate surface area is 130 Å². The molecular weight excluding hydrogens is 261 g/mol. The van der Waals surface area contributed by atoms with Gasteiger partial charge in [0.25, 0.3) is 0 Å². The third-order valence-corrected chi connectivity index (χ3v) is 7.23. The molecular formula is C18H40NP. The van der Waals surface area contributed by atoms with Crippen LogP contribution in [0.15, 0.2) is 0 Å². The Bertz CT molecular complexity index is 250. The first-order valence-corrected chi connectivity index (χ1v) is 10.9. The van der Waals surface area contributed by atoms with Crippen molar-refractivity contribution in [1.29, 1.82) is 0 Å². The number of nitrogens with one attached hydrogen (secondary N) is 1. The molecule has 0 aliphatic heterocycles. The van der Waals surface area contributed by atoms with Gasteiger partial charge >= 0.3 is 0 Å². The van der Waals surface area contributed by atoms with Gasteiger partial charge in [-0.15, -0.1) is 0 Å². The molecule has 2 unspecified atom stereocenters. The van der Waals surface area contributed by atoms with Crippen molar-refractivity contribution in [1.82, 2.24) is 5.32 Å². The average Bonchev–Trinajstić information content (AvgIpc) is 2.37. The lowest BCUT2D eigenvalue weighted by atomic mass is 9.91. The minimum Gasteiger partial charge on any atom is -0.303 e. The van der Waals surface area contributed by atoms with Gasteiger partial charge in [-0.25, -0.2) is 0 Å². The van der Waals surface area contributed by atoms with Gasteiger partial charge in [0, 0.05) is 10.8 Å². The van der Waals surface area contributed by atoms with Gasteiger partial charge in [-0.05, 0) is 52.4 Å². The highest BCUT2D eigenvalue weighted by Gasteiger charge is 2.35. The summed E-state index contributed by atoms with van der Waals surface area (Å²) in [7, 11) is 0.0399. The zero-order valence-electron chi connectivity index (χ0n) is 15.5. The van der Waals surface area contributed by atoms with Crippen LogP contribution in [0.25, 0.3) is 0 Å². The molecule has 0 radical (unpaired) electrons. The van der Waals surface area contributed by atoms with E-state index in [1.807, 2.05) is 0 Å². The molecule has 1 nitrogen and oxygen atoms in total. The van der Waals surface area contributed by atoms with Crippen molar-refractivity contribution in [3.05, 3.63) is 0 Å². The van der Waals surface area contributed by atoms with Gasteiger partial charge in [0.2, 0.25) is 0 Å². The molecule has 1 N–H and O–H groups in total. The van der Waals surface area contributed by atoms with Crippen molar-refractivity contribution in [3.8, 4) is 0 Å². The van der Waals surface area contributed by atoms with Crippen LogP contribution in [0.5, 0.6) is 0 Å². The van der Waals surface area contributed by atoms with Crippen LogP contribution < -0.4 is 5.32 Å². The van der Waals surface area contributed by atoms with Crippen molar-refractivity contribution >= 4 is 7.92 Å². The maximum absolute atomic E-state index is 4.08. The average molecular weight is 301 g/mol. The van der Waals surface area contributed by atoms with E-state index in [0.717, 1.165) is 5.92 Å². The first-order valence-electron chi connectivity index (χ1n) is 8.69. The molecule has 2 atom stereocenters. The molecule has 20 heavy (non-hydrogen) atoms. The minimum atomic E-state index is 0.0399. The standard InChI is InChI=1S/C18H40NP/c1-9-14-18(11-3,20(7)8)19-17(5,6)15-12-13-16(4)10-2/h16,19H,9-15H2,1-8H3. The lowest BCUT2D eigenvalue weighted by molar-refractivity contribution is 0.260. The summed E-state index contributed by atoms with van der Waals surface area (Å²) in [4.78, 5) is 0. The number of rotatable bonds is 11.